The van der Waals surface area contributed by atoms with E-state index in [1.54, 1.807) is 30.3 Å². The number of nitrogens with zero attached hydrogens (tertiary/aromatic N) is 3. The molecule has 0 radical (unpaired) electrons. The van der Waals surface area contributed by atoms with Gasteiger partial charge in [-0.2, -0.15) is 5.26 Å². The molecule has 1 aromatic heterocycles. The number of halogens is 1. The van der Waals surface area contributed by atoms with Gasteiger partial charge < -0.3 is 15.2 Å². The maximum Gasteiger partial charge on any atom is 0.290 e. The van der Waals surface area contributed by atoms with Gasteiger partial charge in [-0.25, -0.2) is 9.37 Å². The molecule has 1 saturated carbocycles. The van der Waals surface area contributed by atoms with Crippen LogP contribution in [-0.2, 0) is 6.54 Å². The third-order valence-electron chi connectivity index (χ3n) is 6.46. The minimum absolute atomic E-state index is 0.129. The van der Waals surface area contributed by atoms with Crippen LogP contribution >= 0.6 is 0 Å². The van der Waals surface area contributed by atoms with Gasteiger partial charge >= 0.3 is 0 Å². The van der Waals surface area contributed by atoms with E-state index in [0.717, 1.165) is 31.2 Å². The Bertz CT molecular complexity index is 1170. The number of hydrogen-bond acceptors (Lipinski definition) is 4. The van der Waals surface area contributed by atoms with Crippen molar-refractivity contribution < 1.29 is 9.18 Å². The highest BCUT2D eigenvalue weighted by Crippen LogP contribution is 2.34. The van der Waals surface area contributed by atoms with Gasteiger partial charge in [0, 0.05) is 24.7 Å². The Morgan fingerprint density at radius 2 is 2.22 bits per heavy atom. The molecule has 1 aliphatic rings. The third kappa shape index (κ3) is 4.51. The number of carbonyl (C=O) groups excluding carboxylic acids is 1. The summed E-state index contributed by atoms with van der Waals surface area (Å²) in [6.45, 7) is 5.31. The van der Waals surface area contributed by atoms with Gasteiger partial charge in [0.05, 0.1) is 22.7 Å². The lowest BCUT2D eigenvalue weighted by Crippen LogP contribution is -2.55. The Hall–Kier alpha value is -3.24. The molecular weight excluding hydrogens is 405 g/mol. The van der Waals surface area contributed by atoms with Crippen molar-refractivity contribution in [1.29, 1.82) is 5.26 Å². The predicted octanol–water partition coefficient (Wildman–Crippen LogP) is 4.53. The average Bonchev–Trinajstić information content (AvgIpc) is 3.21. The molecule has 3 aromatic rings. The number of nitriles is 1. The van der Waals surface area contributed by atoms with Crippen molar-refractivity contribution in [3.8, 4) is 6.07 Å². The lowest BCUT2D eigenvalue weighted by atomic mass is 9.78. The van der Waals surface area contributed by atoms with Gasteiger partial charge in [0.15, 0.2) is 5.82 Å². The number of aromatic nitrogens is 2. The van der Waals surface area contributed by atoms with E-state index in [1.807, 2.05) is 17.9 Å². The van der Waals surface area contributed by atoms with Crippen molar-refractivity contribution in [2.75, 3.05) is 6.54 Å². The van der Waals surface area contributed by atoms with Crippen molar-refractivity contribution in [3.63, 3.8) is 0 Å². The molecule has 1 unspecified atom stereocenters. The van der Waals surface area contributed by atoms with Gasteiger partial charge in [-0.05, 0) is 75.4 Å². The van der Waals surface area contributed by atoms with Crippen LogP contribution in [0.5, 0.6) is 0 Å². The van der Waals surface area contributed by atoms with Crippen molar-refractivity contribution in [1.82, 2.24) is 20.2 Å². The second kappa shape index (κ2) is 9.09. The summed E-state index contributed by atoms with van der Waals surface area (Å²) < 4.78 is 13.5. The number of amides is 1. The molecule has 4 rings (SSSR count). The fraction of sp³-hybridized carbons (Fsp3) is 0.400. The maximum atomic E-state index is 13.5. The molecule has 1 aliphatic carbocycles. The second-order valence-corrected chi connectivity index (χ2v) is 8.78. The molecule has 2 aromatic carbocycles. The summed E-state index contributed by atoms with van der Waals surface area (Å²) in [6, 6.07) is 14.2. The topological polar surface area (TPSA) is 84.8 Å². The van der Waals surface area contributed by atoms with Gasteiger partial charge in [-0.1, -0.05) is 12.1 Å². The van der Waals surface area contributed by atoms with Crippen LogP contribution in [0.3, 0.4) is 0 Å². The van der Waals surface area contributed by atoms with Crippen LogP contribution in [0.4, 0.5) is 4.39 Å². The maximum absolute atomic E-state index is 13.5. The molecule has 0 aliphatic heterocycles. The zero-order chi connectivity index (χ0) is 22.7. The molecule has 1 heterocycles. The summed E-state index contributed by atoms with van der Waals surface area (Å²) in [7, 11) is 0. The van der Waals surface area contributed by atoms with E-state index in [2.05, 4.69) is 28.3 Å². The molecule has 1 fully saturated rings. The number of hydrogen-bond donors (Lipinski definition) is 2. The van der Waals surface area contributed by atoms with E-state index in [4.69, 9.17) is 5.26 Å². The first-order chi connectivity index (χ1) is 15.4. The smallest absolute Gasteiger partial charge is 0.290 e. The lowest BCUT2D eigenvalue weighted by Gasteiger charge is -2.46. The number of rotatable bonds is 6. The molecule has 32 heavy (non-hydrogen) atoms. The zero-order valence-electron chi connectivity index (χ0n) is 18.5. The van der Waals surface area contributed by atoms with Crippen molar-refractivity contribution in [3.05, 3.63) is 65.2 Å². The van der Waals surface area contributed by atoms with E-state index < -0.39 is 0 Å². The Labute approximate surface area is 187 Å². The number of H-pyrrole nitrogens is 1. The van der Waals surface area contributed by atoms with E-state index in [9.17, 15) is 9.18 Å². The highest BCUT2D eigenvalue weighted by atomic mass is 19.1. The standard InChI is InChI=1S/C25H28FN5O/c1-3-31(24(32)23-29-21-10-9-17(15-27)13-22(21)30-23)25(2)11-5-8-20(14-25)28-16-18-6-4-7-19(26)12-18/h4,6-7,9-10,12-13,20,28H,3,5,8,11,14,16H2,1-2H3,(H,29,30)/t20-,25?/m1/s1. The van der Waals surface area contributed by atoms with Gasteiger partial charge in [-0.15, -0.1) is 0 Å². The monoisotopic (exact) mass is 433 g/mol. The number of benzene rings is 2. The molecule has 2 atom stereocenters. The first-order valence-corrected chi connectivity index (χ1v) is 11.1. The van der Waals surface area contributed by atoms with Gasteiger partial charge in [-0.3, -0.25) is 4.79 Å². The average molecular weight is 434 g/mol. The number of imidazole rings is 1. The Balaban J connectivity index is 1.49. The highest BCUT2D eigenvalue weighted by Gasteiger charge is 2.40. The molecular formula is C25H28FN5O. The third-order valence-corrected chi connectivity index (χ3v) is 6.46. The van der Waals surface area contributed by atoms with E-state index >= 15 is 0 Å². The summed E-state index contributed by atoms with van der Waals surface area (Å²) in [5.74, 6) is -0.0586. The molecule has 7 heteroatoms. The Morgan fingerprint density at radius 3 is 2.97 bits per heavy atom. The predicted molar refractivity (Wildman–Crippen MR) is 121 cm³/mol. The summed E-state index contributed by atoms with van der Waals surface area (Å²) in [4.78, 5) is 22.9. The Morgan fingerprint density at radius 1 is 1.38 bits per heavy atom. The van der Waals surface area contributed by atoms with Crippen molar-refractivity contribution in [2.24, 2.45) is 0 Å². The normalized spacial score (nSPS) is 20.8. The van der Waals surface area contributed by atoms with Crippen LogP contribution in [0, 0.1) is 17.1 Å². The van der Waals surface area contributed by atoms with Gasteiger partial charge in [0.1, 0.15) is 5.82 Å². The van der Waals surface area contributed by atoms with E-state index in [0.29, 0.717) is 35.5 Å². The fourth-order valence-corrected chi connectivity index (χ4v) is 4.87. The van der Waals surface area contributed by atoms with Crippen LogP contribution in [0.25, 0.3) is 11.0 Å². The highest BCUT2D eigenvalue weighted by molar-refractivity contribution is 5.94. The number of carbonyl (C=O) groups is 1. The first kappa shape index (κ1) is 22.0. The Kier molecular flexibility index (Phi) is 6.24. The van der Waals surface area contributed by atoms with Crippen molar-refractivity contribution in [2.45, 2.75) is 57.7 Å². The zero-order valence-corrected chi connectivity index (χ0v) is 18.5. The van der Waals surface area contributed by atoms with Gasteiger partial charge in [0.2, 0.25) is 0 Å². The fourth-order valence-electron chi connectivity index (χ4n) is 4.87. The minimum Gasteiger partial charge on any atom is -0.334 e. The largest absolute Gasteiger partial charge is 0.334 e. The second-order valence-electron chi connectivity index (χ2n) is 8.78. The summed E-state index contributed by atoms with van der Waals surface area (Å²) in [6.07, 6.45) is 3.77. The minimum atomic E-state index is -0.305. The summed E-state index contributed by atoms with van der Waals surface area (Å²) in [5, 5.41) is 12.7. The van der Waals surface area contributed by atoms with Crippen LogP contribution in [0.2, 0.25) is 0 Å². The van der Waals surface area contributed by atoms with Crippen LogP contribution < -0.4 is 5.32 Å². The number of aromatic amines is 1. The van der Waals surface area contributed by atoms with E-state index in [1.165, 1.54) is 6.07 Å². The SMILES string of the molecule is CCN(C(=O)c1nc2ccc(C#N)cc2[nH]1)C1(C)CCC[C@@H](NCc2cccc(F)c2)C1. The van der Waals surface area contributed by atoms with E-state index in [-0.39, 0.29) is 23.3 Å². The van der Waals surface area contributed by atoms with Crippen LogP contribution in [0.1, 0.15) is 61.3 Å². The summed E-state index contributed by atoms with van der Waals surface area (Å²) >= 11 is 0. The molecule has 6 nitrogen and oxygen atoms in total. The molecule has 0 saturated heterocycles. The molecule has 1 amide bonds. The van der Waals surface area contributed by atoms with Crippen LogP contribution in [-0.4, -0.2) is 38.9 Å². The quantitative estimate of drug-likeness (QED) is 0.598. The van der Waals surface area contributed by atoms with Gasteiger partial charge in [0.25, 0.3) is 5.91 Å². The number of fused-ring (bicyclic) bond motifs is 1. The van der Waals surface area contributed by atoms with Crippen LogP contribution in [0.15, 0.2) is 42.5 Å². The molecule has 2 N–H and O–H groups in total. The summed E-state index contributed by atoms with van der Waals surface area (Å²) in [5.41, 5.74) is 2.50. The first-order valence-electron chi connectivity index (χ1n) is 11.1. The number of nitrogens with one attached hydrogen (secondary N) is 2. The molecule has 166 valence electrons. The van der Waals surface area contributed by atoms with Crippen molar-refractivity contribution >= 4 is 16.9 Å². The molecule has 0 spiro atoms. The lowest BCUT2D eigenvalue weighted by molar-refractivity contribution is 0.0359. The molecule has 0 bridgehead atoms.